The quantitative estimate of drug-likeness (QED) is 0.543. The van der Waals surface area contributed by atoms with Crippen molar-refractivity contribution in [1.29, 1.82) is 0 Å². The van der Waals surface area contributed by atoms with Gasteiger partial charge in [0.25, 0.3) is 0 Å². The summed E-state index contributed by atoms with van der Waals surface area (Å²) in [4.78, 5) is 15.0. The Morgan fingerprint density at radius 2 is 2.43 bits per heavy atom. The summed E-state index contributed by atoms with van der Waals surface area (Å²) >= 11 is 0. The third-order valence-electron chi connectivity index (χ3n) is 1.71. The topological polar surface area (TPSA) is 51.8 Å². The van der Waals surface area contributed by atoms with Crippen molar-refractivity contribution in [3.05, 3.63) is 24.2 Å². The Morgan fingerprint density at radius 1 is 1.64 bits per heavy atom. The van der Waals surface area contributed by atoms with E-state index < -0.39 is 0 Å². The lowest BCUT2D eigenvalue weighted by atomic mass is 10.3. The summed E-state index contributed by atoms with van der Waals surface area (Å²) in [6, 6.07) is 3.65. The molecule has 1 aromatic heterocycles. The average Bonchev–Trinajstić information content (AvgIpc) is 2.67. The Balaban J connectivity index is 2.41. The molecule has 0 amide bonds. The van der Waals surface area contributed by atoms with E-state index in [9.17, 15) is 4.79 Å². The molecule has 1 aromatic rings. The average molecular weight is 195 g/mol. The zero-order valence-corrected chi connectivity index (χ0v) is 8.32. The fraction of sp³-hybridized carbons (Fsp3) is 0.400. The molecule has 0 aliphatic rings. The van der Waals surface area contributed by atoms with Gasteiger partial charge < -0.3 is 9.15 Å². The first-order chi connectivity index (χ1) is 6.72. The molecule has 0 saturated heterocycles. The van der Waals surface area contributed by atoms with Crippen LogP contribution in [0.4, 0.5) is 0 Å². The number of aliphatic imine (C=N–C) groups is 1. The molecule has 0 atom stereocenters. The van der Waals surface area contributed by atoms with Crippen molar-refractivity contribution in [3.8, 4) is 0 Å². The van der Waals surface area contributed by atoms with Crippen molar-refractivity contribution in [2.45, 2.75) is 19.9 Å². The summed E-state index contributed by atoms with van der Waals surface area (Å²) in [7, 11) is 1.36. The third kappa shape index (κ3) is 3.43. The third-order valence-corrected chi connectivity index (χ3v) is 1.71. The van der Waals surface area contributed by atoms with Gasteiger partial charge in [0, 0.05) is 5.71 Å². The standard InChI is InChI=1S/C10H13NO3/c1-8(6-10(12)13-2)11-7-9-4-3-5-14-9/h3-5H,6-7H2,1-2H3/b11-8-. The number of carbonyl (C=O) groups excluding carboxylic acids is 1. The lowest BCUT2D eigenvalue weighted by Crippen LogP contribution is -2.06. The molecule has 0 fully saturated rings. The van der Waals surface area contributed by atoms with E-state index in [0.717, 1.165) is 11.5 Å². The second kappa shape index (κ2) is 5.21. The molecule has 0 spiro atoms. The lowest BCUT2D eigenvalue weighted by Gasteiger charge is -1.98. The van der Waals surface area contributed by atoms with Crippen molar-refractivity contribution < 1.29 is 13.9 Å². The van der Waals surface area contributed by atoms with E-state index in [4.69, 9.17) is 4.42 Å². The van der Waals surface area contributed by atoms with Gasteiger partial charge in [-0.15, -0.1) is 0 Å². The fourth-order valence-electron chi connectivity index (χ4n) is 0.952. The largest absolute Gasteiger partial charge is 0.469 e. The molecule has 0 radical (unpaired) electrons. The minimum atomic E-state index is -0.273. The van der Waals surface area contributed by atoms with Gasteiger partial charge in [0.15, 0.2) is 0 Å². The molecule has 0 N–H and O–H groups in total. The molecule has 1 rings (SSSR count). The van der Waals surface area contributed by atoms with Crippen LogP contribution in [0, 0.1) is 0 Å². The van der Waals surface area contributed by atoms with Gasteiger partial charge in [-0.3, -0.25) is 9.79 Å². The van der Waals surface area contributed by atoms with Crippen LogP contribution in [-0.4, -0.2) is 18.8 Å². The summed E-state index contributed by atoms with van der Waals surface area (Å²) in [5, 5.41) is 0. The number of nitrogens with zero attached hydrogens (tertiary/aromatic N) is 1. The van der Waals surface area contributed by atoms with Crippen LogP contribution in [0.3, 0.4) is 0 Å². The van der Waals surface area contributed by atoms with Crippen LogP contribution in [0.15, 0.2) is 27.8 Å². The molecule has 0 unspecified atom stereocenters. The zero-order valence-electron chi connectivity index (χ0n) is 8.32. The van der Waals surface area contributed by atoms with Crippen LogP contribution < -0.4 is 0 Å². The Labute approximate surface area is 82.6 Å². The zero-order chi connectivity index (χ0) is 10.4. The molecular formula is C10H13NO3. The maximum atomic E-state index is 10.9. The van der Waals surface area contributed by atoms with E-state index in [0.29, 0.717) is 6.54 Å². The monoisotopic (exact) mass is 195 g/mol. The highest BCUT2D eigenvalue weighted by atomic mass is 16.5. The van der Waals surface area contributed by atoms with Gasteiger partial charge in [0.05, 0.1) is 26.3 Å². The molecule has 14 heavy (non-hydrogen) atoms. The number of methoxy groups -OCH3 is 1. The van der Waals surface area contributed by atoms with E-state index >= 15 is 0 Å². The van der Waals surface area contributed by atoms with E-state index in [1.54, 1.807) is 19.3 Å². The highest BCUT2D eigenvalue weighted by molar-refractivity contribution is 5.97. The maximum absolute atomic E-state index is 10.9. The SMILES string of the molecule is COC(=O)C/C(C)=N\Cc1ccco1. The van der Waals surface area contributed by atoms with E-state index in [-0.39, 0.29) is 12.4 Å². The van der Waals surface area contributed by atoms with E-state index in [2.05, 4.69) is 9.73 Å². The van der Waals surface area contributed by atoms with Crippen molar-refractivity contribution in [2.75, 3.05) is 7.11 Å². The van der Waals surface area contributed by atoms with Crippen LogP contribution in [0.2, 0.25) is 0 Å². The smallest absolute Gasteiger partial charge is 0.311 e. The number of hydrogen-bond acceptors (Lipinski definition) is 4. The second-order valence-corrected chi connectivity index (χ2v) is 2.88. The molecule has 4 nitrogen and oxygen atoms in total. The number of carbonyl (C=O) groups is 1. The predicted octanol–water partition coefficient (Wildman–Crippen LogP) is 1.80. The Bertz CT molecular complexity index is 314. The van der Waals surface area contributed by atoms with Gasteiger partial charge in [-0.2, -0.15) is 0 Å². The van der Waals surface area contributed by atoms with Gasteiger partial charge in [0.1, 0.15) is 5.76 Å². The van der Waals surface area contributed by atoms with E-state index in [1.165, 1.54) is 7.11 Å². The normalized spacial score (nSPS) is 11.4. The maximum Gasteiger partial charge on any atom is 0.311 e. The summed E-state index contributed by atoms with van der Waals surface area (Å²) in [5.41, 5.74) is 0.744. The highest BCUT2D eigenvalue weighted by Crippen LogP contribution is 2.02. The molecule has 0 aliphatic heterocycles. The van der Waals surface area contributed by atoms with Crippen LogP contribution in [0.25, 0.3) is 0 Å². The van der Waals surface area contributed by atoms with Gasteiger partial charge in [-0.25, -0.2) is 0 Å². The van der Waals surface area contributed by atoms with Crippen molar-refractivity contribution >= 4 is 11.7 Å². The highest BCUT2D eigenvalue weighted by Gasteiger charge is 2.02. The first-order valence-electron chi connectivity index (χ1n) is 4.31. The van der Waals surface area contributed by atoms with E-state index in [1.807, 2.05) is 6.07 Å². The molecule has 0 bridgehead atoms. The first kappa shape index (κ1) is 10.5. The van der Waals surface area contributed by atoms with Gasteiger partial charge in [0.2, 0.25) is 0 Å². The Kier molecular flexibility index (Phi) is 3.91. The summed E-state index contributed by atoms with van der Waals surface area (Å²) in [5.74, 6) is 0.514. The number of esters is 1. The van der Waals surface area contributed by atoms with Crippen LogP contribution >= 0.6 is 0 Å². The molecule has 4 heteroatoms. The molecular weight excluding hydrogens is 182 g/mol. The fourth-order valence-corrected chi connectivity index (χ4v) is 0.952. The van der Waals surface area contributed by atoms with Crippen LogP contribution in [0.1, 0.15) is 19.1 Å². The Morgan fingerprint density at radius 3 is 3.00 bits per heavy atom. The van der Waals surface area contributed by atoms with Crippen molar-refractivity contribution in [2.24, 2.45) is 4.99 Å². The summed E-state index contributed by atoms with van der Waals surface area (Å²) in [6.45, 7) is 2.26. The van der Waals surface area contributed by atoms with Crippen molar-refractivity contribution in [1.82, 2.24) is 0 Å². The van der Waals surface area contributed by atoms with Crippen LogP contribution in [-0.2, 0) is 16.1 Å². The predicted molar refractivity (Wildman–Crippen MR) is 52.2 cm³/mol. The number of hydrogen-bond donors (Lipinski definition) is 0. The van der Waals surface area contributed by atoms with Gasteiger partial charge in [-0.1, -0.05) is 0 Å². The Hall–Kier alpha value is -1.58. The number of furan rings is 1. The van der Waals surface area contributed by atoms with Gasteiger partial charge in [-0.05, 0) is 19.1 Å². The minimum absolute atomic E-state index is 0.233. The lowest BCUT2D eigenvalue weighted by molar-refractivity contribution is -0.139. The minimum Gasteiger partial charge on any atom is -0.469 e. The first-order valence-corrected chi connectivity index (χ1v) is 4.31. The number of ether oxygens (including phenoxy) is 1. The molecule has 76 valence electrons. The second-order valence-electron chi connectivity index (χ2n) is 2.88. The summed E-state index contributed by atoms with van der Waals surface area (Å²) < 4.78 is 9.61. The summed E-state index contributed by atoms with van der Waals surface area (Å²) in [6.07, 6.45) is 1.83. The molecule has 1 heterocycles. The molecule has 0 aliphatic carbocycles. The van der Waals surface area contributed by atoms with Gasteiger partial charge >= 0.3 is 5.97 Å². The van der Waals surface area contributed by atoms with Crippen molar-refractivity contribution in [3.63, 3.8) is 0 Å². The number of rotatable bonds is 4. The molecule has 0 saturated carbocycles. The molecule has 0 aromatic carbocycles. The van der Waals surface area contributed by atoms with Crippen LogP contribution in [0.5, 0.6) is 0 Å².